The van der Waals surface area contributed by atoms with E-state index >= 15 is 0 Å². The highest BCUT2D eigenvalue weighted by atomic mass is 14.9. The quantitative estimate of drug-likeness (QED) is 0.0989. The Labute approximate surface area is 867 Å². The van der Waals surface area contributed by atoms with Crippen molar-refractivity contribution in [2.45, 2.75) is 43.9 Å². The lowest BCUT2D eigenvalue weighted by Gasteiger charge is -2.30. The van der Waals surface area contributed by atoms with Crippen LogP contribution in [0.15, 0.2) is 516 Å². The molecule has 0 N–H and O–H groups in total. The third kappa shape index (κ3) is 16.4. The molecule has 6 aromatic heterocycles. The second kappa shape index (κ2) is 37.6. The standard InChI is InChI=1S/C52H33N3.C46H33N3.C42H31N3/c1-2-10-37(11-3-1)49-33-50(55-51(54-49)39-24-20-34(21-25-39)36-28-30-53-31-29-36)38-22-18-35(19-23-38)40-26-27-48-44(32-40)43-14-6-9-17-47(43)52(48)45-15-7-4-12-41(45)42-13-5-8-16-46(42)52;1-46(2)40-27-35(22-24-38(40)39-25-21-31-11-9-10-16-37(31)44(39)46)30-17-19-34(20-18-30)43-28-42(33-14-7-4-8-15-33)48-45(49-43)36-23-26-41(47-29-36)32-12-5-3-6-13-32;1-42(2)36-13-7-6-12-34(36)35-26-33(23-24-37(35)42)28-15-17-31(18-16-28)40-27-39(29-10-4-3-5-11-29)44-41(45-40)32-21-19-30(20-22-32)38-14-8-9-25-43-38/h1-33H;3-29H,1-2H3;3-27H,1-2H3. The smallest absolute Gasteiger partial charge is 0.161 e. The zero-order valence-electron chi connectivity index (χ0n) is 82.6. The van der Waals surface area contributed by atoms with E-state index in [4.69, 9.17) is 34.9 Å². The van der Waals surface area contributed by atoms with E-state index in [2.05, 4.69) is 432 Å². The normalized spacial score (nSPS) is 12.9. The summed E-state index contributed by atoms with van der Waals surface area (Å²) in [5.41, 5.74) is 49.1. The summed E-state index contributed by atoms with van der Waals surface area (Å²) in [6.07, 6.45) is 7.33. The molecule has 4 aliphatic rings. The third-order valence-corrected chi connectivity index (χ3v) is 30.4. The zero-order chi connectivity index (χ0) is 99.7. The maximum atomic E-state index is 5.13. The minimum absolute atomic E-state index is 0.00819. The summed E-state index contributed by atoms with van der Waals surface area (Å²) in [5.74, 6) is 2.05. The van der Waals surface area contributed by atoms with Crippen molar-refractivity contribution in [1.82, 2.24) is 44.9 Å². The van der Waals surface area contributed by atoms with Gasteiger partial charge in [0.25, 0.3) is 0 Å². The van der Waals surface area contributed by atoms with E-state index in [0.29, 0.717) is 17.5 Å². The van der Waals surface area contributed by atoms with Gasteiger partial charge in [-0.1, -0.05) is 446 Å². The Morgan fingerprint density at radius 3 is 0.919 bits per heavy atom. The first kappa shape index (κ1) is 90.0. The van der Waals surface area contributed by atoms with Crippen LogP contribution in [0.1, 0.15) is 72.2 Å². The first-order valence-electron chi connectivity index (χ1n) is 50.9. The number of pyridine rings is 3. The predicted molar refractivity (Wildman–Crippen MR) is 610 cm³/mol. The predicted octanol–water partition coefficient (Wildman–Crippen LogP) is 34.7. The average Bonchev–Trinajstić information content (AvgIpc) is 1.51. The molecule has 6 heterocycles. The largest absolute Gasteiger partial charge is 0.265 e. The Hall–Kier alpha value is -19.1. The van der Waals surface area contributed by atoms with Crippen molar-refractivity contribution >= 4 is 10.8 Å². The maximum Gasteiger partial charge on any atom is 0.161 e. The molecule has 0 saturated carbocycles. The van der Waals surface area contributed by atoms with E-state index in [1.807, 2.05) is 122 Å². The molecular weight excluding hydrogens is 1810 g/mol. The van der Waals surface area contributed by atoms with Crippen LogP contribution in [0.25, 0.3) is 224 Å². The fraction of sp³-hybridized carbons (Fsp3) is 0.0500. The fourth-order valence-electron chi connectivity index (χ4n) is 22.9. The Morgan fingerprint density at radius 2 is 0.463 bits per heavy atom. The lowest BCUT2D eigenvalue weighted by atomic mass is 9.70. The number of rotatable bonds is 15. The van der Waals surface area contributed by atoms with Crippen molar-refractivity contribution < 1.29 is 0 Å². The van der Waals surface area contributed by atoms with Crippen molar-refractivity contribution in [3.05, 3.63) is 561 Å². The second-order valence-electron chi connectivity index (χ2n) is 39.8. The van der Waals surface area contributed by atoms with Gasteiger partial charge in [-0.25, -0.2) is 29.9 Å². The number of fused-ring (bicyclic) bond motifs is 18. The molecule has 18 aromatic carbocycles. The zero-order valence-corrected chi connectivity index (χ0v) is 82.6. The van der Waals surface area contributed by atoms with Gasteiger partial charge in [0, 0.05) is 96.8 Å². The molecule has 0 amide bonds. The van der Waals surface area contributed by atoms with Crippen LogP contribution in [0.3, 0.4) is 0 Å². The van der Waals surface area contributed by atoms with E-state index < -0.39 is 0 Å². The minimum atomic E-state index is -0.331. The molecule has 28 rings (SSSR count). The van der Waals surface area contributed by atoms with Gasteiger partial charge < -0.3 is 0 Å². The molecule has 0 bridgehead atoms. The SMILES string of the molecule is CC1(C)c2cc(-c3ccc(-c4cc(-c5ccccc5)nc(-c5ccc(-c6ccccc6)nc5)n4)cc3)ccc2-c2ccc3ccccc3c21.CC1(C)c2ccccc2-c2cc(-c3ccc(-c4cc(-c5ccccc5)nc(-c5ccc(-c6ccccn6)cc5)n4)cc3)ccc21.c1ccc(-c2cc(-c3ccc(-c4ccc5c(c4)-c4ccccc4C54c5ccccc5-c5ccccc54)cc3)nc(-c3ccc(-c4ccncc4)cc3)n2)cc1. The Balaban J connectivity index is 0.000000114. The molecule has 24 aromatic rings. The Kier molecular flexibility index (Phi) is 22.7. The van der Waals surface area contributed by atoms with Gasteiger partial charge >= 0.3 is 0 Å². The number of hydrogen-bond acceptors (Lipinski definition) is 9. The molecule has 702 valence electrons. The van der Waals surface area contributed by atoms with Crippen molar-refractivity contribution in [1.29, 1.82) is 0 Å². The van der Waals surface area contributed by atoms with Gasteiger partial charge in [0.15, 0.2) is 17.5 Å². The summed E-state index contributed by atoms with van der Waals surface area (Å²) in [4.78, 5) is 43.7. The second-order valence-corrected chi connectivity index (χ2v) is 39.8. The van der Waals surface area contributed by atoms with E-state index in [9.17, 15) is 0 Å². The number of nitrogens with zero attached hydrogens (tertiary/aromatic N) is 9. The molecule has 0 unspecified atom stereocenters. The highest BCUT2D eigenvalue weighted by molar-refractivity contribution is 6.00. The average molecular weight is 1910 g/mol. The molecule has 0 radical (unpaired) electrons. The van der Waals surface area contributed by atoms with E-state index in [1.54, 1.807) is 0 Å². The molecule has 1 spiro atoms. The van der Waals surface area contributed by atoms with Gasteiger partial charge in [0.2, 0.25) is 0 Å². The first-order valence-corrected chi connectivity index (χ1v) is 50.9. The lowest BCUT2D eigenvalue weighted by molar-refractivity contribution is 0.660. The van der Waals surface area contributed by atoms with Crippen LogP contribution in [0, 0.1) is 0 Å². The third-order valence-electron chi connectivity index (χ3n) is 30.4. The van der Waals surface area contributed by atoms with Crippen LogP contribution >= 0.6 is 0 Å². The molecule has 149 heavy (non-hydrogen) atoms. The highest BCUT2D eigenvalue weighted by Crippen LogP contribution is 2.64. The number of benzene rings is 18. The molecule has 4 aliphatic carbocycles. The summed E-state index contributed by atoms with van der Waals surface area (Å²) >= 11 is 0. The molecule has 0 saturated heterocycles. The van der Waals surface area contributed by atoms with Gasteiger partial charge in [-0.15, -0.1) is 0 Å². The molecule has 9 heteroatoms. The summed E-state index contributed by atoms with van der Waals surface area (Å²) < 4.78 is 0. The van der Waals surface area contributed by atoms with Crippen LogP contribution in [-0.2, 0) is 16.2 Å². The summed E-state index contributed by atoms with van der Waals surface area (Å²) in [6, 6.07) is 175. The number of hydrogen-bond donors (Lipinski definition) is 0. The molecular formula is C140H97N9. The summed E-state index contributed by atoms with van der Waals surface area (Å²) in [5, 5.41) is 2.64. The van der Waals surface area contributed by atoms with Gasteiger partial charge in [0.1, 0.15) is 0 Å². The van der Waals surface area contributed by atoms with Crippen molar-refractivity contribution in [3.63, 3.8) is 0 Å². The van der Waals surface area contributed by atoms with E-state index in [-0.39, 0.29) is 16.2 Å². The Morgan fingerprint density at radius 1 is 0.161 bits per heavy atom. The molecule has 0 atom stereocenters. The first-order chi connectivity index (χ1) is 73.3. The van der Waals surface area contributed by atoms with Crippen molar-refractivity contribution in [2.75, 3.05) is 0 Å². The van der Waals surface area contributed by atoms with Crippen LogP contribution in [0.4, 0.5) is 0 Å². The van der Waals surface area contributed by atoms with Crippen LogP contribution in [0.2, 0.25) is 0 Å². The van der Waals surface area contributed by atoms with Crippen LogP contribution in [-0.4, -0.2) is 44.9 Å². The monoisotopic (exact) mass is 1900 g/mol. The van der Waals surface area contributed by atoms with Crippen molar-refractivity contribution in [3.8, 4) is 213 Å². The fourth-order valence-corrected chi connectivity index (χ4v) is 22.9. The van der Waals surface area contributed by atoms with Crippen molar-refractivity contribution in [2.24, 2.45) is 0 Å². The van der Waals surface area contributed by atoms with E-state index in [0.717, 1.165) is 118 Å². The Bertz CT molecular complexity index is 9180. The van der Waals surface area contributed by atoms with Gasteiger partial charge in [-0.05, 0) is 217 Å². The summed E-state index contributed by atoms with van der Waals surface area (Å²) in [6.45, 7) is 9.36. The molecule has 9 nitrogen and oxygen atoms in total. The van der Waals surface area contributed by atoms with Crippen LogP contribution < -0.4 is 0 Å². The minimum Gasteiger partial charge on any atom is -0.265 e. The molecule has 0 aliphatic heterocycles. The van der Waals surface area contributed by atoms with Gasteiger partial charge in [0.05, 0.1) is 51.0 Å². The van der Waals surface area contributed by atoms with Gasteiger partial charge in [-0.2, -0.15) is 0 Å². The lowest BCUT2D eigenvalue weighted by Crippen LogP contribution is -2.25. The van der Waals surface area contributed by atoms with E-state index in [1.165, 1.54) is 133 Å². The topological polar surface area (TPSA) is 116 Å². The maximum absolute atomic E-state index is 5.13. The van der Waals surface area contributed by atoms with Crippen LogP contribution in [0.5, 0.6) is 0 Å². The summed E-state index contributed by atoms with van der Waals surface area (Å²) in [7, 11) is 0. The number of aromatic nitrogens is 9. The van der Waals surface area contributed by atoms with Gasteiger partial charge in [-0.3, -0.25) is 15.0 Å². The highest BCUT2D eigenvalue weighted by Gasteiger charge is 2.52. The molecule has 0 fully saturated rings.